The molecule has 0 spiro atoms. The van der Waals surface area contributed by atoms with Gasteiger partial charge in [-0.25, -0.2) is 0 Å². The van der Waals surface area contributed by atoms with Crippen molar-refractivity contribution in [2.45, 2.75) is 25.3 Å². The Kier molecular flexibility index (Phi) is 3.19. The standard InChI is InChI=1S/C17H21N3O/c21-17(15-6-3-4-13-7-8-18-16(13)15)20-11-10-19-9-2-1-5-14(19)12-20/h3-4,6-8,14,18H,1-2,5,9-12H2. The van der Waals surface area contributed by atoms with Crippen LogP contribution in [0.4, 0.5) is 0 Å². The maximum Gasteiger partial charge on any atom is 0.256 e. The number of nitrogens with zero attached hydrogens (tertiary/aromatic N) is 2. The number of H-pyrrole nitrogens is 1. The third kappa shape index (κ3) is 2.23. The Morgan fingerprint density at radius 1 is 1.14 bits per heavy atom. The third-order valence-electron chi connectivity index (χ3n) is 4.94. The second-order valence-electron chi connectivity index (χ2n) is 6.18. The second-order valence-corrected chi connectivity index (χ2v) is 6.18. The zero-order chi connectivity index (χ0) is 14.2. The van der Waals surface area contributed by atoms with Gasteiger partial charge in [-0.15, -0.1) is 0 Å². The van der Waals surface area contributed by atoms with Crippen molar-refractivity contribution in [2.24, 2.45) is 0 Å². The summed E-state index contributed by atoms with van der Waals surface area (Å²) in [5, 5.41) is 1.11. The van der Waals surface area contributed by atoms with Gasteiger partial charge in [0.1, 0.15) is 0 Å². The highest BCUT2D eigenvalue weighted by Gasteiger charge is 2.31. The topological polar surface area (TPSA) is 39.3 Å². The van der Waals surface area contributed by atoms with E-state index in [1.54, 1.807) is 0 Å². The number of piperazine rings is 1. The minimum absolute atomic E-state index is 0.174. The van der Waals surface area contributed by atoms with E-state index in [9.17, 15) is 4.79 Å². The molecule has 1 atom stereocenters. The van der Waals surface area contributed by atoms with Crippen molar-refractivity contribution in [3.8, 4) is 0 Å². The van der Waals surface area contributed by atoms with Gasteiger partial charge in [-0.05, 0) is 31.5 Å². The highest BCUT2D eigenvalue weighted by atomic mass is 16.2. The maximum atomic E-state index is 12.9. The second kappa shape index (κ2) is 5.19. The van der Waals surface area contributed by atoms with E-state index in [0.29, 0.717) is 6.04 Å². The van der Waals surface area contributed by atoms with Crippen molar-refractivity contribution in [2.75, 3.05) is 26.2 Å². The Bertz CT molecular complexity index is 663. The summed E-state index contributed by atoms with van der Waals surface area (Å²) in [6, 6.07) is 8.54. The van der Waals surface area contributed by atoms with Crippen LogP contribution in [-0.4, -0.2) is 52.9 Å². The number of amides is 1. The molecule has 1 unspecified atom stereocenters. The summed E-state index contributed by atoms with van der Waals surface area (Å²) in [6.07, 6.45) is 5.75. The molecule has 2 aliphatic heterocycles. The van der Waals surface area contributed by atoms with Crippen LogP contribution in [0.3, 0.4) is 0 Å². The van der Waals surface area contributed by atoms with E-state index in [0.717, 1.165) is 36.1 Å². The van der Waals surface area contributed by atoms with E-state index in [-0.39, 0.29) is 5.91 Å². The summed E-state index contributed by atoms with van der Waals surface area (Å²) in [5.74, 6) is 0.174. The molecule has 110 valence electrons. The minimum atomic E-state index is 0.174. The molecule has 2 aliphatic rings. The van der Waals surface area contributed by atoms with Crippen molar-refractivity contribution in [1.82, 2.24) is 14.8 Å². The normalized spacial score (nSPS) is 23.2. The molecule has 0 radical (unpaired) electrons. The molecule has 1 aromatic carbocycles. The molecule has 4 rings (SSSR count). The number of hydrogen-bond donors (Lipinski definition) is 1. The average Bonchev–Trinajstić information content (AvgIpc) is 3.02. The number of rotatable bonds is 1. The predicted octanol–water partition coefficient (Wildman–Crippen LogP) is 2.48. The summed E-state index contributed by atoms with van der Waals surface area (Å²) in [5.41, 5.74) is 1.77. The number of fused-ring (bicyclic) bond motifs is 2. The zero-order valence-electron chi connectivity index (χ0n) is 12.2. The lowest BCUT2D eigenvalue weighted by atomic mass is 9.99. The minimum Gasteiger partial charge on any atom is -0.361 e. The first-order valence-electron chi connectivity index (χ1n) is 7.92. The first-order valence-corrected chi connectivity index (χ1v) is 7.92. The Hall–Kier alpha value is -1.81. The van der Waals surface area contributed by atoms with Crippen LogP contribution >= 0.6 is 0 Å². The quantitative estimate of drug-likeness (QED) is 0.873. The monoisotopic (exact) mass is 283 g/mol. The van der Waals surface area contributed by atoms with Crippen LogP contribution in [0, 0.1) is 0 Å². The maximum absolute atomic E-state index is 12.9. The van der Waals surface area contributed by atoms with Gasteiger partial charge in [-0.1, -0.05) is 18.6 Å². The Morgan fingerprint density at radius 2 is 2.10 bits per heavy atom. The summed E-state index contributed by atoms with van der Waals surface area (Å²) >= 11 is 0. The van der Waals surface area contributed by atoms with Crippen molar-refractivity contribution in [3.05, 3.63) is 36.0 Å². The Labute approximate surface area is 124 Å². The lowest BCUT2D eigenvalue weighted by Crippen LogP contribution is -2.56. The first-order chi connectivity index (χ1) is 10.3. The van der Waals surface area contributed by atoms with Gasteiger partial charge in [0.2, 0.25) is 0 Å². The molecule has 0 bridgehead atoms. The third-order valence-corrected chi connectivity index (χ3v) is 4.94. The SMILES string of the molecule is O=C(c1cccc2cc[nH]c12)N1CCN2CCCCC2C1. The summed E-state index contributed by atoms with van der Waals surface area (Å²) in [6.45, 7) is 3.97. The van der Waals surface area contributed by atoms with Crippen LogP contribution < -0.4 is 0 Å². The molecule has 4 heteroatoms. The summed E-state index contributed by atoms with van der Waals surface area (Å²) in [7, 11) is 0. The van der Waals surface area contributed by atoms with E-state index < -0.39 is 0 Å². The van der Waals surface area contributed by atoms with Gasteiger partial charge in [0.15, 0.2) is 0 Å². The van der Waals surface area contributed by atoms with Gasteiger partial charge in [0.25, 0.3) is 5.91 Å². The predicted molar refractivity (Wildman–Crippen MR) is 83.4 cm³/mol. The lowest BCUT2D eigenvalue weighted by molar-refractivity contribution is 0.0374. The van der Waals surface area contributed by atoms with Crippen molar-refractivity contribution in [1.29, 1.82) is 0 Å². The van der Waals surface area contributed by atoms with E-state index in [1.807, 2.05) is 35.4 Å². The summed E-state index contributed by atoms with van der Waals surface area (Å²) in [4.78, 5) is 20.7. The van der Waals surface area contributed by atoms with Gasteiger partial charge < -0.3 is 9.88 Å². The molecular formula is C17H21N3O. The van der Waals surface area contributed by atoms with Gasteiger partial charge in [0.05, 0.1) is 11.1 Å². The molecule has 2 saturated heterocycles. The molecule has 4 nitrogen and oxygen atoms in total. The van der Waals surface area contributed by atoms with Gasteiger partial charge in [-0.3, -0.25) is 9.69 Å². The fourth-order valence-electron chi connectivity index (χ4n) is 3.77. The lowest BCUT2D eigenvalue weighted by Gasteiger charge is -2.44. The number of carbonyl (C=O) groups is 1. The largest absolute Gasteiger partial charge is 0.361 e. The zero-order valence-corrected chi connectivity index (χ0v) is 12.2. The van der Waals surface area contributed by atoms with Crippen LogP contribution in [0.5, 0.6) is 0 Å². The van der Waals surface area contributed by atoms with Crippen LogP contribution in [0.1, 0.15) is 29.6 Å². The van der Waals surface area contributed by atoms with E-state index in [4.69, 9.17) is 0 Å². The van der Waals surface area contributed by atoms with Gasteiger partial charge in [-0.2, -0.15) is 0 Å². The number of piperidine rings is 1. The van der Waals surface area contributed by atoms with Crippen molar-refractivity contribution >= 4 is 16.8 Å². The molecule has 2 aromatic rings. The number of benzene rings is 1. The fraction of sp³-hybridized carbons (Fsp3) is 0.471. The molecule has 1 amide bonds. The average molecular weight is 283 g/mol. The number of aromatic amines is 1. The molecule has 3 heterocycles. The van der Waals surface area contributed by atoms with E-state index in [2.05, 4.69) is 9.88 Å². The van der Waals surface area contributed by atoms with E-state index >= 15 is 0 Å². The molecular weight excluding hydrogens is 262 g/mol. The van der Waals surface area contributed by atoms with E-state index in [1.165, 1.54) is 25.8 Å². The molecule has 0 aliphatic carbocycles. The fourth-order valence-corrected chi connectivity index (χ4v) is 3.77. The van der Waals surface area contributed by atoms with Gasteiger partial charge >= 0.3 is 0 Å². The Morgan fingerprint density at radius 3 is 3.05 bits per heavy atom. The number of carbonyl (C=O) groups excluding carboxylic acids is 1. The number of nitrogens with one attached hydrogen (secondary N) is 1. The number of aromatic nitrogens is 1. The molecule has 0 saturated carbocycles. The molecule has 1 N–H and O–H groups in total. The Balaban J connectivity index is 1.59. The van der Waals surface area contributed by atoms with Crippen LogP contribution in [-0.2, 0) is 0 Å². The van der Waals surface area contributed by atoms with Crippen molar-refractivity contribution < 1.29 is 4.79 Å². The number of para-hydroxylation sites is 1. The van der Waals surface area contributed by atoms with Crippen LogP contribution in [0.2, 0.25) is 0 Å². The molecule has 21 heavy (non-hydrogen) atoms. The smallest absolute Gasteiger partial charge is 0.256 e. The highest BCUT2D eigenvalue weighted by Crippen LogP contribution is 2.24. The molecule has 1 aromatic heterocycles. The van der Waals surface area contributed by atoms with Crippen LogP contribution in [0.25, 0.3) is 10.9 Å². The molecule has 2 fully saturated rings. The van der Waals surface area contributed by atoms with Gasteiger partial charge in [0, 0.05) is 37.3 Å². The first kappa shape index (κ1) is 12.9. The summed E-state index contributed by atoms with van der Waals surface area (Å²) < 4.78 is 0. The van der Waals surface area contributed by atoms with Crippen molar-refractivity contribution in [3.63, 3.8) is 0 Å². The van der Waals surface area contributed by atoms with Crippen LogP contribution in [0.15, 0.2) is 30.5 Å². The number of hydrogen-bond acceptors (Lipinski definition) is 2. The highest BCUT2D eigenvalue weighted by molar-refractivity contribution is 6.05.